The summed E-state index contributed by atoms with van der Waals surface area (Å²) in [4.78, 5) is 8.30. The molecule has 2 N–H and O–H groups in total. The molecular formula is C14H16FN3. The zero-order valence-electron chi connectivity index (χ0n) is 10.6. The predicted octanol–water partition coefficient (Wildman–Crippen LogP) is 3.13. The number of aromatic nitrogens is 2. The molecule has 1 aromatic carbocycles. The van der Waals surface area contributed by atoms with E-state index in [2.05, 4.69) is 16.9 Å². The molecule has 0 unspecified atom stereocenters. The number of nitrogens with zero attached hydrogens (tertiary/aromatic N) is 2. The average Bonchev–Trinajstić information content (AvgIpc) is 2.35. The lowest BCUT2D eigenvalue weighted by Gasteiger charge is -2.10. The number of benzene rings is 1. The molecule has 0 aliphatic heterocycles. The number of anilines is 1. The number of halogens is 1. The molecule has 3 nitrogen and oxygen atoms in total. The van der Waals surface area contributed by atoms with Crippen molar-refractivity contribution < 1.29 is 4.39 Å². The molecular weight excluding hydrogens is 229 g/mol. The van der Waals surface area contributed by atoms with Crippen molar-refractivity contribution in [2.24, 2.45) is 0 Å². The predicted molar refractivity (Wildman–Crippen MR) is 70.6 cm³/mol. The molecule has 18 heavy (non-hydrogen) atoms. The van der Waals surface area contributed by atoms with Crippen molar-refractivity contribution >= 4 is 5.82 Å². The number of aryl methyl sites for hydroxylation is 1. The third kappa shape index (κ3) is 2.32. The first-order valence-corrected chi connectivity index (χ1v) is 5.99. The number of hydrogen-bond donors (Lipinski definition) is 1. The van der Waals surface area contributed by atoms with Crippen LogP contribution in [-0.2, 0) is 6.42 Å². The second-order valence-electron chi connectivity index (χ2n) is 4.30. The Bertz CT molecular complexity index is 567. The molecule has 0 saturated carbocycles. The average molecular weight is 245 g/mol. The van der Waals surface area contributed by atoms with Crippen molar-refractivity contribution in [3.63, 3.8) is 0 Å². The summed E-state index contributed by atoms with van der Waals surface area (Å²) in [6.45, 7) is 3.81. The van der Waals surface area contributed by atoms with Crippen LogP contribution in [0.4, 0.5) is 10.2 Å². The van der Waals surface area contributed by atoms with Crippen LogP contribution in [0.5, 0.6) is 0 Å². The summed E-state index contributed by atoms with van der Waals surface area (Å²) in [5, 5.41) is 0. The van der Waals surface area contributed by atoms with E-state index in [9.17, 15) is 4.39 Å². The van der Waals surface area contributed by atoms with Gasteiger partial charge in [0.25, 0.3) is 0 Å². The Morgan fingerprint density at radius 3 is 2.72 bits per heavy atom. The summed E-state index contributed by atoms with van der Waals surface area (Å²) >= 11 is 0. The van der Waals surface area contributed by atoms with Gasteiger partial charge in [-0.15, -0.1) is 0 Å². The highest BCUT2D eigenvalue weighted by atomic mass is 19.1. The van der Waals surface area contributed by atoms with Crippen LogP contribution < -0.4 is 5.73 Å². The topological polar surface area (TPSA) is 51.8 Å². The normalized spacial score (nSPS) is 10.6. The van der Waals surface area contributed by atoms with Crippen molar-refractivity contribution in [1.82, 2.24) is 9.97 Å². The maximum absolute atomic E-state index is 13.3. The SMILES string of the molecule is CCCc1c(N)ncnc1-c1ccc(F)c(C)c1. The van der Waals surface area contributed by atoms with Gasteiger partial charge in [-0.05, 0) is 37.1 Å². The Balaban J connectivity index is 2.55. The van der Waals surface area contributed by atoms with E-state index in [1.54, 1.807) is 19.1 Å². The third-order valence-electron chi connectivity index (χ3n) is 2.91. The minimum absolute atomic E-state index is 0.210. The van der Waals surface area contributed by atoms with Crippen molar-refractivity contribution in [1.29, 1.82) is 0 Å². The third-order valence-corrected chi connectivity index (χ3v) is 2.91. The molecule has 0 spiro atoms. The minimum atomic E-state index is -0.210. The minimum Gasteiger partial charge on any atom is -0.383 e. The van der Waals surface area contributed by atoms with Gasteiger partial charge in [-0.2, -0.15) is 0 Å². The zero-order chi connectivity index (χ0) is 13.1. The quantitative estimate of drug-likeness (QED) is 0.903. The van der Waals surface area contributed by atoms with Gasteiger partial charge >= 0.3 is 0 Å². The lowest BCUT2D eigenvalue weighted by molar-refractivity contribution is 0.618. The highest BCUT2D eigenvalue weighted by Crippen LogP contribution is 2.26. The lowest BCUT2D eigenvalue weighted by Crippen LogP contribution is -2.02. The van der Waals surface area contributed by atoms with Gasteiger partial charge < -0.3 is 5.73 Å². The van der Waals surface area contributed by atoms with Gasteiger partial charge in [0.15, 0.2) is 0 Å². The van der Waals surface area contributed by atoms with Gasteiger partial charge in [0.1, 0.15) is 18.0 Å². The van der Waals surface area contributed by atoms with Gasteiger partial charge in [0.05, 0.1) is 5.69 Å². The Morgan fingerprint density at radius 2 is 2.06 bits per heavy atom. The van der Waals surface area contributed by atoms with Crippen molar-refractivity contribution in [2.75, 3.05) is 5.73 Å². The van der Waals surface area contributed by atoms with Crippen LogP contribution in [0.25, 0.3) is 11.3 Å². The fourth-order valence-electron chi connectivity index (χ4n) is 1.96. The van der Waals surface area contributed by atoms with Crippen LogP contribution in [0.15, 0.2) is 24.5 Å². The Kier molecular flexibility index (Phi) is 3.55. The van der Waals surface area contributed by atoms with Gasteiger partial charge in [-0.1, -0.05) is 13.3 Å². The molecule has 2 aromatic rings. The molecule has 2 rings (SSSR count). The Labute approximate surface area is 106 Å². The molecule has 94 valence electrons. The van der Waals surface area contributed by atoms with E-state index in [0.29, 0.717) is 11.4 Å². The maximum Gasteiger partial charge on any atom is 0.130 e. The highest BCUT2D eigenvalue weighted by Gasteiger charge is 2.11. The highest BCUT2D eigenvalue weighted by molar-refractivity contribution is 5.67. The van der Waals surface area contributed by atoms with Crippen molar-refractivity contribution in [2.45, 2.75) is 26.7 Å². The zero-order valence-corrected chi connectivity index (χ0v) is 10.6. The number of nitrogens with two attached hydrogens (primary N) is 1. The van der Waals surface area contributed by atoms with E-state index in [0.717, 1.165) is 29.7 Å². The van der Waals surface area contributed by atoms with E-state index in [4.69, 9.17) is 5.73 Å². The number of nitrogen functional groups attached to an aromatic ring is 1. The number of rotatable bonds is 3. The van der Waals surface area contributed by atoms with Gasteiger partial charge in [0, 0.05) is 11.1 Å². The first-order valence-electron chi connectivity index (χ1n) is 5.99. The van der Waals surface area contributed by atoms with Crippen LogP contribution in [-0.4, -0.2) is 9.97 Å². The largest absolute Gasteiger partial charge is 0.383 e. The van der Waals surface area contributed by atoms with E-state index in [1.807, 2.05) is 0 Å². The second kappa shape index (κ2) is 5.12. The molecule has 0 saturated heterocycles. The lowest BCUT2D eigenvalue weighted by atomic mass is 10.0. The smallest absolute Gasteiger partial charge is 0.130 e. The van der Waals surface area contributed by atoms with Crippen LogP contribution >= 0.6 is 0 Å². The summed E-state index contributed by atoms with van der Waals surface area (Å²) in [5.74, 6) is 0.293. The first kappa shape index (κ1) is 12.5. The standard InChI is InChI=1S/C14H16FN3/c1-3-4-11-13(17-8-18-14(11)16)10-5-6-12(15)9(2)7-10/h5-8H,3-4H2,1-2H3,(H2,16,17,18). The van der Waals surface area contributed by atoms with Gasteiger partial charge in [-0.25, -0.2) is 14.4 Å². The summed E-state index contributed by atoms with van der Waals surface area (Å²) in [5.41, 5.74) is 9.11. The molecule has 1 aromatic heterocycles. The van der Waals surface area contributed by atoms with Crippen LogP contribution in [0, 0.1) is 12.7 Å². The molecule has 0 atom stereocenters. The molecule has 0 bridgehead atoms. The monoisotopic (exact) mass is 245 g/mol. The van der Waals surface area contributed by atoms with E-state index >= 15 is 0 Å². The molecule has 0 aliphatic rings. The van der Waals surface area contributed by atoms with E-state index < -0.39 is 0 Å². The molecule has 1 heterocycles. The molecule has 0 radical (unpaired) electrons. The summed E-state index contributed by atoms with van der Waals surface area (Å²) in [6, 6.07) is 4.97. The summed E-state index contributed by atoms with van der Waals surface area (Å²) in [7, 11) is 0. The van der Waals surface area contributed by atoms with Crippen molar-refractivity contribution in [3.8, 4) is 11.3 Å². The fourth-order valence-corrected chi connectivity index (χ4v) is 1.96. The Hall–Kier alpha value is -1.97. The summed E-state index contributed by atoms with van der Waals surface area (Å²) in [6.07, 6.45) is 3.23. The van der Waals surface area contributed by atoms with Crippen molar-refractivity contribution in [3.05, 3.63) is 41.5 Å². The van der Waals surface area contributed by atoms with Gasteiger partial charge in [-0.3, -0.25) is 0 Å². The maximum atomic E-state index is 13.3. The fraction of sp³-hybridized carbons (Fsp3) is 0.286. The van der Waals surface area contributed by atoms with Gasteiger partial charge in [0.2, 0.25) is 0 Å². The molecule has 0 amide bonds. The molecule has 4 heteroatoms. The van der Waals surface area contributed by atoms with E-state index in [-0.39, 0.29) is 5.82 Å². The summed E-state index contributed by atoms with van der Waals surface area (Å²) < 4.78 is 13.3. The first-order chi connectivity index (χ1) is 8.63. The molecule has 0 fully saturated rings. The van der Waals surface area contributed by atoms with E-state index in [1.165, 1.54) is 12.4 Å². The molecule has 0 aliphatic carbocycles. The van der Waals surface area contributed by atoms with Crippen LogP contribution in [0.2, 0.25) is 0 Å². The van der Waals surface area contributed by atoms with Crippen LogP contribution in [0.3, 0.4) is 0 Å². The second-order valence-corrected chi connectivity index (χ2v) is 4.30. The van der Waals surface area contributed by atoms with Crippen LogP contribution in [0.1, 0.15) is 24.5 Å². The number of hydrogen-bond acceptors (Lipinski definition) is 3. The Morgan fingerprint density at radius 1 is 1.28 bits per heavy atom.